The Morgan fingerprint density at radius 2 is 2.27 bits per heavy atom. The fourth-order valence-electron chi connectivity index (χ4n) is 0.423. The van der Waals surface area contributed by atoms with Crippen molar-refractivity contribution < 1.29 is 14.7 Å². The molecular formula is C7H11NO3. The van der Waals surface area contributed by atoms with E-state index in [0.29, 0.717) is 6.42 Å². The Morgan fingerprint density at radius 3 is 2.82 bits per heavy atom. The van der Waals surface area contributed by atoms with Crippen LogP contribution >= 0.6 is 0 Å². The summed E-state index contributed by atoms with van der Waals surface area (Å²) in [7, 11) is 0. The van der Waals surface area contributed by atoms with Gasteiger partial charge in [0, 0.05) is 12.7 Å². The van der Waals surface area contributed by atoms with Gasteiger partial charge < -0.3 is 9.94 Å². The maximum atomic E-state index is 10.3. The topological polar surface area (TPSA) is 72.5 Å². The average molecular weight is 157 g/mol. The molecule has 3 N–H and O–H groups in total. The number of hydrogen-bond acceptors (Lipinski definition) is 4. The zero-order valence-corrected chi connectivity index (χ0v) is 6.06. The molecule has 4 heteroatoms. The van der Waals surface area contributed by atoms with Gasteiger partial charge in [-0.05, 0) is 6.42 Å². The molecular weight excluding hydrogens is 146 g/mol. The summed E-state index contributed by atoms with van der Waals surface area (Å²) in [5.74, 6) is 3.95. The Bertz CT molecular complexity index is 163. The molecule has 0 heterocycles. The maximum absolute atomic E-state index is 10.3. The molecule has 0 saturated heterocycles. The summed E-state index contributed by atoms with van der Waals surface area (Å²) in [4.78, 5) is 14.2. The first kappa shape index (κ1) is 9.87. The van der Waals surface area contributed by atoms with Crippen LogP contribution < -0.4 is 5.90 Å². The van der Waals surface area contributed by atoms with Crippen molar-refractivity contribution in [2.45, 2.75) is 6.42 Å². The lowest BCUT2D eigenvalue weighted by Gasteiger charge is -1.85. The Balaban J connectivity index is 3.50. The van der Waals surface area contributed by atoms with Crippen LogP contribution in [0.3, 0.4) is 0 Å². The number of carbonyl (C=O) groups excluding carboxylic acids is 1. The Labute approximate surface area is 64.9 Å². The summed E-state index contributed by atoms with van der Waals surface area (Å²) in [6, 6.07) is 0. The van der Waals surface area contributed by atoms with Crippen LogP contribution in [0.4, 0.5) is 0 Å². The summed E-state index contributed by atoms with van der Waals surface area (Å²) in [6.07, 6.45) is 6.61. The molecule has 0 bridgehead atoms. The van der Waals surface area contributed by atoms with Gasteiger partial charge in [-0.15, -0.1) is 0 Å². The van der Waals surface area contributed by atoms with Gasteiger partial charge in [0.2, 0.25) is 0 Å². The largest absolute Gasteiger partial charge is 0.396 e. The van der Waals surface area contributed by atoms with E-state index in [1.165, 1.54) is 12.2 Å². The predicted molar refractivity (Wildman–Crippen MR) is 40.3 cm³/mol. The van der Waals surface area contributed by atoms with E-state index < -0.39 is 5.97 Å². The smallest absolute Gasteiger partial charge is 0.349 e. The molecule has 0 fully saturated rings. The summed E-state index contributed by atoms with van der Waals surface area (Å²) >= 11 is 0. The zero-order chi connectivity index (χ0) is 8.53. The fraction of sp³-hybridized carbons (Fsp3) is 0.286. The number of carbonyl (C=O) groups is 1. The van der Waals surface area contributed by atoms with Crippen LogP contribution in [-0.2, 0) is 9.63 Å². The average Bonchev–Trinajstić information content (AvgIpc) is 2.04. The molecule has 0 aromatic heterocycles. The molecule has 0 aromatic carbocycles. The maximum Gasteiger partial charge on any atom is 0.349 e. The first-order valence-corrected chi connectivity index (χ1v) is 3.16. The molecule has 0 unspecified atom stereocenters. The standard InChI is InChI=1S/C7H11NO3/c8-11-7(10)5-3-1-2-4-6-9/h1-3,5,9H,4,6,8H2. The fourth-order valence-corrected chi connectivity index (χ4v) is 0.423. The number of aliphatic hydroxyl groups excluding tert-OH is 1. The molecule has 0 aliphatic heterocycles. The zero-order valence-electron chi connectivity index (χ0n) is 6.06. The van der Waals surface area contributed by atoms with E-state index in [4.69, 9.17) is 5.11 Å². The molecule has 4 nitrogen and oxygen atoms in total. The lowest BCUT2D eigenvalue weighted by atomic mass is 10.4. The third-order valence-electron chi connectivity index (χ3n) is 0.891. The van der Waals surface area contributed by atoms with Crippen molar-refractivity contribution in [3.8, 4) is 0 Å². The SMILES string of the molecule is NOC(=O)C=CC=CCCO. The number of allylic oxidation sites excluding steroid dienone is 2. The second-order valence-corrected chi connectivity index (χ2v) is 1.74. The number of hydrogen-bond donors (Lipinski definition) is 2. The number of rotatable bonds is 4. The van der Waals surface area contributed by atoms with Crippen molar-refractivity contribution >= 4 is 5.97 Å². The second kappa shape index (κ2) is 6.98. The molecule has 11 heavy (non-hydrogen) atoms. The summed E-state index contributed by atoms with van der Waals surface area (Å²) < 4.78 is 0. The summed E-state index contributed by atoms with van der Waals surface area (Å²) in [5, 5.41) is 8.33. The van der Waals surface area contributed by atoms with Gasteiger partial charge >= 0.3 is 5.97 Å². The van der Waals surface area contributed by atoms with Crippen LogP contribution in [0.5, 0.6) is 0 Å². The van der Waals surface area contributed by atoms with Crippen molar-refractivity contribution in [1.82, 2.24) is 0 Å². The van der Waals surface area contributed by atoms with E-state index in [2.05, 4.69) is 10.7 Å². The van der Waals surface area contributed by atoms with Gasteiger partial charge in [0.25, 0.3) is 0 Å². The minimum absolute atomic E-state index is 0.103. The van der Waals surface area contributed by atoms with E-state index in [0.717, 1.165) is 0 Å². The molecule has 0 radical (unpaired) electrons. The van der Waals surface area contributed by atoms with Crippen molar-refractivity contribution in [3.63, 3.8) is 0 Å². The Morgan fingerprint density at radius 1 is 1.55 bits per heavy atom. The van der Waals surface area contributed by atoms with Crippen LogP contribution in [-0.4, -0.2) is 17.7 Å². The summed E-state index contributed by atoms with van der Waals surface area (Å²) in [6.45, 7) is 0.103. The van der Waals surface area contributed by atoms with Crippen molar-refractivity contribution in [3.05, 3.63) is 24.3 Å². The Hall–Kier alpha value is -1.13. The van der Waals surface area contributed by atoms with Gasteiger partial charge in [-0.2, -0.15) is 5.90 Å². The van der Waals surface area contributed by atoms with E-state index in [-0.39, 0.29) is 6.61 Å². The van der Waals surface area contributed by atoms with Gasteiger partial charge in [0.1, 0.15) is 0 Å². The molecule has 0 atom stereocenters. The van der Waals surface area contributed by atoms with Crippen LogP contribution in [0.25, 0.3) is 0 Å². The molecule has 62 valence electrons. The quantitative estimate of drug-likeness (QED) is 0.339. The van der Waals surface area contributed by atoms with Crippen molar-refractivity contribution in [2.24, 2.45) is 5.90 Å². The summed E-state index contributed by atoms with van der Waals surface area (Å²) in [5.41, 5.74) is 0. The molecule has 0 spiro atoms. The molecule has 0 saturated carbocycles. The lowest BCUT2D eigenvalue weighted by Crippen LogP contribution is -2.05. The van der Waals surface area contributed by atoms with Gasteiger partial charge in [-0.1, -0.05) is 18.2 Å². The van der Waals surface area contributed by atoms with E-state index in [1.807, 2.05) is 0 Å². The van der Waals surface area contributed by atoms with Crippen LogP contribution in [0.1, 0.15) is 6.42 Å². The highest BCUT2D eigenvalue weighted by atomic mass is 16.7. The van der Waals surface area contributed by atoms with Crippen LogP contribution in [0.2, 0.25) is 0 Å². The van der Waals surface area contributed by atoms with E-state index in [1.54, 1.807) is 12.2 Å². The monoisotopic (exact) mass is 157 g/mol. The highest BCUT2D eigenvalue weighted by Crippen LogP contribution is 1.83. The van der Waals surface area contributed by atoms with Gasteiger partial charge in [0.05, 0.1) is 0 Å². The van der Waals surface area contributed by atoms with Crippen molar-refractivity contribution in [2.75, 3.05) is 6.61 Å². The van der Waals surface area contributed by atoms with Crippen molar-refractivity contribution in [1.29, 1.82) is 0 Å². The lowest BCUT2D eigenvalue weighted by molar-refractivity contribution is -0.138. The molecule has 0 aliphatic rings. The normalized spacial score (nSPS) is 11.1. The molecule has 0 rings (SSSR count). The van der Waals surface area contributed by atoms with Gasteiger partial charge in [-0.3, -0.25) is 0 Å². The third kappa shape index (κ3) is 6.76. The van der Waals surface area contributed by atoms with Gasteiger partial charge in [0.15, 0.2) is 0 Å². The van der Waals surface area contributed by atoms with E-state index >= 15 is 0 Å². The molecule has 0 aromatic rings. The Kier molecular flexibility index (Phi) is 6.27. The number of aliphatic hydroxyl groups is 1. The third-order valence-corrected chi connectivity index (χ3v) is 0.891. The predicted octanol–water partition coefficient (Wildman–Crippen LogP) is -0.102. The number of nitrogens with two attached hydrogens (primary N) is 1. The second-order valence-electron chi connectivity index (χ2n) is 1.74. The highest BCUT2D eigenvalue weighted by Gasteiger charge is 1.87. The first-order valence-electron chi connectivity index (χ1n) is 3.16. The minimum Gasteiger partial charge on any atom is -0.396 e. The van der Waals surface area contributed by atoms with Crippen LogP contribution in [0, 0.1) is 0 Å². The molecule has 0 amide bonds. The highest BCUT2D eigenvalue weighted by molar-refractivity contribution is 5.81. The molecule has 0 aliphatic carbocycles. The minimum atomic E-state index is -0.598. The van der Waals surface area contributed by atoms with Crippen LogP contribution in [0.15, 0.2) is 24.3 Å². The first-order chi connectivity index (χ1) is 5.31. The van der Waals surface area contributed by atoms with E-state index in [9.17, 15) is 4.79 Å². The van der Waals surface area contributed by atoms with Gasteiger partial charge in [-0.25, -0.2) is 4.79 Å².